The normalized spacial score (nSPS) is 13.1. The van der Waals surface area contributed by atoms with Crippen molar-refractivity contribution < 1.29 is 8.83 Å². The number of hydrogen-bond acceptors (Lipinski definition) is 6. The molecule has 4 heterocycles. The molecule has 0 N–H and O–H groups in total. The molecule has 0 aliphatic heterocycles. The smallest absolute Gasteiger partial charge is 0.164 e. The lowest BCUT2D eigenvalue weighted by atomic mass is 9.68. The Kier molecular flexibility index (Phi) is 8.58. The Bertz CT molecular complexity index is 4900. The summed E-state index contributed by atoms with van der Waals surface area (Å²) < 4.78 is 15.5. The van der Waals surface area contributed by atoms with Crippen molar-refractivity contribution in [2.75, 3.05) is 0 Å². The molecule has 0 atom stereocenters. The van der Waals surface area contributed by atoms with E-state index in [1.165, 1.54) is 70.4 Å². The van der Waals surface area contributed by atoms with Gasteiger partial charge >= 0.3 is 0 Å². The first-order valence-corrected chi connectivity index (χ1v) is 26.5. The van der Waals surface area contributed by atoms with Crippen LogP contribution in [-0.2, 0) is 5.41 Å². The third-order valence-corrected chi connectivity index (χ3v) is 17.3. The predicted molar refractivity (Wildman–Crippen MR) is 311 cm³/mol. The highest BCUT2D eigenvalue weighted by atomic mass is 32.1. The zero-order valence-electron chi connectivity index (χ0n) is 40.6. The first kappa shape index (κ1) is 41.7. The van der Waals surface area contributed by atoms with E-state index in [9.17, 15) is 0 Å². The van der Waals surface area contributed by atoms with Gasteiger partial charge in [0.1, 0.15) is 22.3 Å². The molecule has 76 heavy (non-hydrogen) atoms. The average molecular weight is 986 g/mol. The van der Waals surface area contributed by atoms with Crippen molar-refractivity contribution in [1.29, 1.82) is 0 Å². The Morgan fingerprint density at radius 3 is 1.57 bits per heavy atom. The van der Waals surface area contributed by atoms with Gasteiger partial charge in [0.2, 0.25) is 0 Å². The van der Waals surface area contributed by atoms with Crippen LogP contribution in [0.15, 0.2) is 245 Å². The van der Waals surface area contributed by atoms with E-state index < -0.39 is 5.41 Å². The van der Waals surface area contributed by atoms with Crippen LogP contribution in [0.2, 0.25) is 0 Å². The third-order valence-electron chi connectivity index (χ3n) is 16.2. The fourth-order valence-electron chi connectivity index (χ4n) is 13.0. The molecule has 17 rings (SSSR count). The first-order valence-electron chi connectivity index (χ1n) is 25.7. The summed E-state index contributed by atoms with van der Waals surface area (Å²) in [4.78, 5) is 16.0. The number of thiophene rings is 1. The minimum atomic E-state index is -0.437. The molecule has 2 aliphatic carbocycles. The van der Waals surface area contributed by atoms with Gasteiger partial charge in [-0.2, -0.15) is 0 Å². The SMILES string of the molecule is c1ccc2c(c1)-c1ccccc1C21c2ccccc2-c2cccc(-c3ccc(-c4ccc5oc6cccc(-c7nc(-c8ccc9c(c8)oc8ccccc89)nc(-c8cccc9sc%10ccccc%10c89)n7)c6c5c4)cc3)c21. The molecule has 0 radical (unpaired) electrons. The van der Waals surface area contributed by atoms with Crippen LogP contribution < -0.4 is 0 Å². The largest absolute Gasteiger partial charge is 0.456 e. The minimum absolute atomic E-state index is 0.437. The highest BCUT2D eigenvalue weighted by Gasteiger charge is 2.52. The molecular formula is C70H39N3O2S. The van der Waals surface area contributed by atoms with Gasteiger partial charge in [0.15, 0.2) is 17.5 Å². The molecule has 0 unspecified atom stereocenters. The Morgan fingerprint density at radius 2 is 0.789 bits per heavy atom. The van der Waals surface area contributed by atoms with Gasteiger partial charge in [0.05, 0.1) is 5.41 Å². The van der Waals surface area contributed by atoms with Crippen molar-refractivity contribution in [1.82, 2.24) is 15.0 Å². The summed E-state index contributed by atoms with van der Waals surface area (Å²) in [7, 11) is 0. The lowest BCUT2D eigenvalue weighted by Gasteiger charge is -2.32. The van der Waals surface area contributed by atoms with E-state index in [1.54, 1.807) is 11.3 Å². The number of aromatic nitrogens is 3. The number of nitrogens with zero attached hydrogens (tertiary/aromatic N) is 3. The number of furan rings is 2. The summed E-state index contributed by atoms with van der Waals surface area (Å²) in [6.07, 6.45) is 0. The van der Waals surface area contributed by atoms with Crippen molar-refractivity contribution in [3.05, 3.63) is 259 Å². The predicted octanol–water partition coefficient (Wildman–Crippen LogP) is 18.7. The number of fused-ring (bicyclic) bond motifs is 19. The minimum Gasteiger partial charge on any atom is -0.456 e. The quantitative estimate of drug-likeness (QED) is 0.172. The van der Waals surface area contributed by atoms with E-state index in [-0.39, 0.29) is 0 Å². The number of rotatable bonds is 5. The molecule has 0 saturated heterocycles. The Hall–Kier alpha value is -9.75. The topological polar surface area (TPSA) is 65.0 Å². The Morgan fingerprint density at radius 1 is 0.289 bits per heavy atom. The zero-order chi connectivity index (χ0) is 49.6. The number of hydrogen-bond donors (Lipinski definition) is 0. The summed E-state index contributed by atoms with van der Waals surface area (Å²) in [6, 6.07) is 85.1. The lowest BCUT2D eigenvalue weighted by Crippen LogP contribution is -2.26. The summed E-state index contributed by atoms with van der Waals surface area (Å²) in [5.41, 5.74) is 20.6. The van der Waals surface area contributed by atoms with Crippen LogP contribution in [0.4, 0.5) is 0 Å². The van der Waals surface area contributed by atoms with Crippen molar-refractivity contribution in [3.8, 4) is 78.7 Å². The van der Waals surface area contributed by atoms with E-state index in [2.05, 4.69) is 206 Å². The molecule has 0 saturated carbocycles. The second-order valence-electron chi connectivity index (χ2n) is 20.1. The number of benzene rings is 11. The maximum Gasteiger partial charge on any atom is 0.164 e. The maximum atomic E-state index is 6.67. The third kappa shape index (κ3) is 5.76. The fourth-order valence-corrected chi connectivity index (χ4v) is 14.1. The average Bonchev–Trinajstić information content (AvgIpc) is 4.06. The van der Waals surface area contributed by atoms with Gasteiger partial charge in [0.25, 0.3) is 0 Å². The lowest BCUT2D eigenvalue weighted by molar-refractivity contribution is 0.668. The van der Waals surface area contributed by atoms with Crippen molar-refractivity contribution in [2.24, 2.45) is 0 Å². The first-order chi connectivity index (χ1) is 37.7. The van der Waals surface area contributed by atoms with Crippen LogP contribution in [0.25, 0.3) is 143 Å². The summed E-state index contributed by atoms with van der Waals surface area (Å²) in [5.74, 6) is 1.72. The van der Waals surface area contributed by atoms with Crippen LogP contribution in [-0.4, -0.2) is 15.0 Å². The van der Waals surface area contributed by atoms with E-state index in [0.29, 0.717) is 17.5 Å². The summed E-state index contributed by atoms with van der Waals surface area (Å²) in [6.45, 7) is 0. The molecule has 15 aromatic rings. The van der Waals surface area contributed by atoms with Crippen molar-refractivity contribution in [3.63, 3.8) is 0 Å². The van der Waals surface area contributed by atoms with E-state index in [4.69, 9.17) is 23.8 Å². The van der Waals surface area contributed by atoms with E-state index >= 15 is 0 Å². The standard InChI is InChI=1S/C70H39N3O2S/c1-6-23-55-45(14-1)46-15-2-7-24-56(46)70(55)57-25-8-3-16-47(57)50-20-11-19-44(66(50)70)41-32-30-40(31-33-41)42-35-37-59-54(38-42)64-52(21-12-27-60(64)74-59)68-71-67(43-34-36-49-48-17-4-9-26-58(48)75-61(49)39-43)72-69(73-68)53-22-13-29-63-65(53)51-18-5-10-28-62(51)76-63/h1-39H. The second kappa shape index (κ2) is 15.6. The molecule has 0 amide bonds. The fraction of sp³-hybridized carbons (Fsp3) is 0.0143. The monoisotopic (exact) mass is 985 g/mol. The molecule has 0 bridgehead atoms. The highest BCUT2D eigenvalue weighted by Crippen LogP contribution is 2.64. The summed E-state index contributed by atoms with van der Waals surface area (Å²) in [5, 5.41) is 6.38. The number of para-hydroxylation sites is 1. The van der Waals surface area contributed by atoms with Crippen molar-refractivity contribution in [2.45, 2.75) is 5.41 Å². The van der Waals surface area contributed by atoms with Crippen LogP contribution in [0.3, 0.4) is 0 Å². The molecule has 2 aliphatic rings. The molecule has 4 aromatic heterocycles. The van der Waals surface area contributed by atoms with Crippen LogP contribution >= 0.6 is 11.3 Å². The van der Waals surface area contributed by atoms with Gasteiger partial charge in [-0.15, -0.1) is 11.3 Å². The van der Waals surface area contributed by atoms with Gasteiger partial charge in [-0.1, -0.05) is 188 Å². The van der Waals surface area contributed by atoms with Gasteiger partial charge in [-0.3, -0.25) is 0 Å². The molecular weight excluding hydrogens is 947 g/mol. The van der Waals surface area contributed by atoms with Crippen LogP contribution in [0.5, 0.6) is 0 Å². The molecule has 0 fully saturated rings. The zero-order valence-corrected chi connectivity index (χ0v) is 41.4. The van der Waals surface area contributed by atoms with Gasteiger partial charge < -0.3 is 8.83 Å². The van der Waals surface area contributed by atoms with E-state index in [1.807, 2.05) is 30.3 Å². The van der Waals surface area contributed by atoms with E-state index in [0.717, 1.165) is 77.1 Å². The molecule has 1 spiro atoms. The maximum absolute atomic E-state index is 6.67. The molecule has 6 heteroatoms. The van der Waals surface area contributed by atoms with Crippen LogP contribution in [0.1, 0.15) is 22.3 Å². The van der Waals surface area contributed by atoms with Gasteiger partial charge in [0, 0.05) is 58.4 Å². The molecule has 5 nitrogen and oxygen atoms in total. The summed E-state index contributed by atoms with van der Waals surface area (Å²) >= 11 is 1.78. The van der Waals surface area contributed by atoms with Gasteiger partial charge in [-0.25, -0.2) is 15.0 Å². The van der Waals surface area contributed by atoms with Crippen molar-refractivity contribution >= 4 is 75.4 Å². The van der Waals surface area contributed by atoms with Crippen LogP contribution in [0, 0.1) is 0 Å². The highest BCUT2D eigenvalue weighted by molar-refractivity contribution is 7.25. The van der Waals surface area contributed by atoms with Gasteiger partial charge in [-0.05, 0) is 115 Å². The molecule has 352 valence electrons. The molecule has 11 aromatic carbocycles. The Labute approximate surface area is 439 Å². The second-order valence-corrected chi connectivity index (χ2v) is 21.2. The Balaban J connectivity index is 0.815.